The molecule has 1 aliphatic rings. The van der Waals surface area contributed by atoms with Crippen molar-refractivity contribution in [3.05, 3.63) is 27.5 Å². The smallest absolute Gasteiger partial charge is 0.312 e. The highest BCUT2D eigenvalue weighted by atomic mass is 79.9. The number of aliphatic carboxylic acids is 1. The average Bonchev–Trinajstić information content (AvgIpc) is 2.92. The molecule has 1 atom stereocenters. The maximum absolute atomic E-state index is 11.1. The summed E-state index contributed by atoms with van der Waals surface area (Å²) in [7, 11) is 0. The third-order valence-corrected chi connectivity index (χ3v) is 3.33. The van der Waals surface area contributed by atoms with E-state index >= 15 is 0 Å². The normalized spacial score (nSPS) is 17.5. The number of pyridine rings is 1. The van der Waals surface area contributed by atoms with Gasteiger partial charge in [-0.15, -0.1) is 0 Å². The molecule has 80 valence electrons. The molecule has 15 heavy (non-hydrogen) atoms. The predicted molar refractivity (Wildman–Crippen MR) is 60.0 cm³/mol. The third-order valence-electron chi connectivity index (χ3n) is 2.49. The molecule has 1 N–H and O–H groups in total. The summed E-state index contributed by atoms with van der Waals surface area (Å²) < 4.78 is 0.675. The number of aromatic nitrogens is 1. The van der Waals surface area contributed by atoms with Crippen molar-refractivity contribution >= 4 is 33.5 Å². The first-order valence-electron chi connectivity index (χ1n) is 4.63. The molecule has 1 aliphatic carbocycles. The van der Waals surface area contributed by atoms with Crippen LogP contribution in [0.5, 0.6) is 0 Å². The van der Waals surface area contributed by atoms with Gasteiger partial charge in [0.1, 0.15) is 5.92 Å². The minimum atomic E-state index is -0.812. The summed E-state index contributed by atoms with van der Waals surface area (Å²) in [6.07, 6.45) is 3.42. The van der Waals surface area contributed by atoms with E-state index in [2.05, 4.69) is 20.9 Å². The highest BCUT2D eigenvalue weighted by Crippen LogP contribution is 2.44. The first-order valence-corrected chi connectivity index (χ1v) is 5.80. The number of carbonyl (C=O) groups is 1. The van der Waals surface area contributed by atoms with Gasteiger partial charge in [0.2, 0.25) is 0 Å². The second kappa shape index (κ2) is 4.10. The van der Waals surface area contributed by atoms with E-state index < -0.39 is 11.9 Å². The lowest BCUT2D eigenvalue weighted by molar-refractivity contribution is -0.139. The van der Waals surface area contributed by atoms with Gasteiger partial charge in [-0.1, -0.05) is 11.6 Å². The second-order valence-corrected chi connectivity index (χ2v) is 4.96. The molecule has 1 aromatic rings. The maximum Gasteiger partial charge on any atom is 0.312 e. The minimum absolute atomic E-state index is 0.229. The number of nitrogens with zero attached hydrogens (tertiary/aromatic N) is 1. The van der Waals surface area contributed by atoms with Crippen LogP contribution in [0.15, 0.2) is 16.7 Å². The van der Waals surface area contributed by atoms with Crippen molar-refractivity contribution in [3.8, 4) is 0 Å². The molecule has 0 aliphatic heterocycles. The average molecular weight is 291 g/mol. The van der Waals surface area contributed by atoms with Crippen molar-refractivity contribution in [2.24, 2.45) is 5.92 Å². The highest BCUT2D eigenvalue weighted by Gasteiger charge is 2.39. The molecule has 0 aromatic carbocycles. The van der Waals surface area contributed by atoms with Crippen molar-refractivity contribution in [2.45, 2.75) is 18.8 Å². The zero-order valence-electron chi connectivity index (χ0n) is 7.78. The van der Waals surface area contributed by atoms with Gasteiger partial charge in [-0.25, -0.2) is 0 Å². The summed E-state index contributed by atoms with van der Waals surface area (Å²) in [5, 5.41) is 9.64. The van der Waals surface area contributed by atoms with Gasteiger partial charge in [-0.05, 0) is 40.8 Å². The minimum Gasteiger partial charge on any atom is -0.481 e. The molecule has 5 heteroatoms. The Hall–Kier alpha value is -0.610. The summed E-state index contributed by atoms with van der Waals surface area (Å²) in [4.78, 5) is 15.2. The van der Waals surface area contributed by atoms with E-state index in [4.69, 9.17) is 16.7 Å². The van der Waals surface area contributed by atoms with Crippen LogP contribution < -0.4 is 0 Å². The lowest BCUT2D eigenvalue weighted by atomic mass is 9.99. The number of hydrogen-bond acceptors (Lipinski definition) is 2. The molecule has 1 saturated carbocycles. The van der Waals surface area contributed by atoms with E-state index in [0.29, 0.717) is 15.2 Å². The quantitative estimate of drug-likeness (QED) is 0.930. The van der Waals surface area contributed by atoms with Crippen molar-refractivity contribution in [2.75, 3.05) is 0 Å². The summed E-state index contributed by atoms with van der Waals surface area (Å²) >= 11 is 9.06. The van der Waals surface area contributed by atoms with Gasteiger partial charge in [0.05, 0.1) is 10.7 Å². The van der Waals surface area contributed by atoms with Crippen LogP contribution in [0.4, 0.5) is 0 Å². The van der Waals surface area contributed by atoms with Gasteiger partial charge in [0, 0.05) is 10.7 Å². The number of hydrogen-bond donors (Lipinski definition) is 1. The molecule has 1 aromatic heterocycles. The summed E-state index contributed by atoms with van der Waals surface area (Å²) in [6.45, 7) is 0. The van der Waals surface area contributed by atoms with Crippen LogP contribution >= 0.6 is 27.5 Å². The lowest BCUT2D eigenvalue weighted by Gasteiger charge is -2.12. The van der Waals surface area contributed by atoms with E-state index in [1.165, 1.54) is 6.20 Å². The molecular formula is C10H9BrClNO2. The second-order valence-electron chi connectivity index (χ2n) is 3.67. The zero-order valence-corrected chi connectivity index (χ0v) is 10.1. The van der Waals surface area contributed by atoms with Gasteiger partial charge in [-0.2, -0.15) is 0 Å². The SMILES string of the molecule is O=C(O)C(c1ncc(Cl)cc1Br)C1CC1. The molecule has 0 spiro atoms. The van der Waals surface area contributed by atoms with E-state index in [9.17, 15) is 4.79 Å². The van der Waals surface area contributed by atoms with Crippen LogP contribution in [0.25, 0.3) is 0 Å². The molecular weight excluding hydrogens is 281 g/mol. The zero-order chi connectivity index (χ0) is 11.0. The van der Waals surface area contributed by atoms with Gasteiger partial charge in [0.25, 0.3) is 0 Å². The van der Waals surface area contributed by atoms with Gasteiger partial charge < -0.3 is 5.11 Å². The highest BCUT2D eigenvalue weighted by molar-refractivity contribution is 9.10. The Kier molecular flexibility index (Phi) is 2.98. The van der Waals surface area contributed by atoms with Crippen molar-refractivity contribution in [3.63, 3.8) is 0 Å². The van der Waals surface area contributed by atoms with Crippen LogP contribution in [-0.2, 0) is 4.79 Å². The Morgan fingerprint density at radius 3 is 2.80 bits per heavy atom. The van der Waals surface area contributed by atoms with E-state index in [1.807, 2.05) is 0 Å². The van der Waals surface area contributed by atoms with E-state index in [1.54, 1.807) is 6.07 Å². The Balaban J connectivity index is 2.37. The van der Waals surface area contributed by atoms with E-state index in [-0.39, 0.29) is 5.92 Å². The number of carboxylic acid groups (broad SMARTS) is 1. The fourth-order valence-corrected chi connectivity index (χ4v) is 2.51. The monoisotopic (exact) mass is 289 g/mol. The Morgan fingerprint density at radius 1 is 1.67 bits per heavy atom. The first-order chi connectivity index (χ1) is 7.09. The summed E-state index contributed by atoms with van der Waals surface area (Å²) in [5.41, 5.74) is 0.578. The molecule has 1 fully saturated rings. The number of rotatable bonds is 3. The van der Waals surface area contributed by atoms with Crippen molar-refractivity contribution in [1.29, 1.82) is 0 Å². The molecule has 0 amide bonds. The lowest BCUT2D eigenvalue weighted by Crippen LogP contribution is -2.15. The van der Waals surface area contributed by atoms with Crippen LogP contribution in [0.3, 0.4) is 0 Å². The molecule has 1 unspecified atom stereocenters. The molecule has 3 nitrogen and oxygen atoms in total. The Morgan fingerprint density at radius 2 is 2.33 bits per heavy atom. The molecule has 0 saturated heterocycles. The third kappa shape index (κ3) is 2.32. The summed E-state index contributed by atoms with van der Waals surface area (Å²) in [6, 6.07) is 1.68. The fraction of sp³-hybridized carbons (Fsp3) is 0.400. The summed E-state index contributed by atoms with van der Waals surface area (Å²) in [5.74, 6) is -1.09. The van der Waals surface area contributed by atoms with Crippen LogP contribution in [0.2, 0.25) is 5.02 Å². The number of halogens is 2. The Bertz CT molecular complexity index is 406. The molecule has 1 heterocycles. The van der Waals surface area contributed by atoms with Gasteiger partial charge in [-0.3, -0.25) is 9.78 Å². The molecule has 2 rings (SSSR count). The fourth-order valence-electron chi connectivity index (χ4n) is 1.63. The van der Waals surface area contributed by atoms with Crippen LogP contribution in [0, 0.1) is 5.92 Å². The van der Waals surface area contributed by atoms with Crippen molar-refractivity contribution in [1.82, 2.24) is 4.98 Å². The van der Waals surface area contributed by atoms with Crippen molar-refractivity contribution < 1.29 is 9.90 Å². The molecule has 0 bridgehead atoms. The predicted octanol–water partition coefficient (Wildman–Crippen LogP) is 3.08. The van der Waals surface area contributed by atoms with Gasteiger partial charge >= 0.3 is 5.97 Å². The molecule has 0 radical (unpaired) electrons. The first kappa shape index (κ1) is 10.9. The maximum atomic E-state index is 11.1. The van der Waals surface area contributed by atoms with E-state index in [0.717, 1.165) is 12.8 Å². The van der Waals surface area contributed by atoms with Crippen LogP contribution in [-0.4, -0.2) is 16.1 Å². The van der Waals surface area contributed by atoms with Crippen LogP contribution in [0.1, 0.15) is 24.5 Å². The largest absolute Gasteiger partial charge is 0.481 e. The number of carboxylic acids is 1. The standard InChI is InChI=1S/C10H9BrClNO2/c11-7-3-6(12)4-13-9(7)8(10(14)15)5-1-2-5/h3-5,8H,1-2H2,(H,14,15). The topological polar surface area (TPSA) is 50.2 Å². The Labute approximate surface area is 101 Å². The van der Waals surface area contributed by atoms with Gasteiger partial charge in [0.15, 0.2) is 0 Å².